The van der Waals surface area contributed by atoms with Gasteiger partial charge in [0.05, 0.1) is 19.1 Å². The summed E-state index contributed by atoms with van der Waals surface area (Å²) < 4.78 is 5.44. The molecule has 0 spiro atoms. The van der Waals surface area contributed by atoms with Crippen molar-refractivity contribution in [3.05, 3.63) is 0 Å². The molecule has 1 fully saturated rings. The predicted octanol–water partition coefficient (Wildman–Crippen LogP) is 1.40. The van der Waals surface area contributed by atoms with Crippen LogP contribution in [-0.2, 0) is 9.53 Å². The second-order valence-corrected chi connectivity index (χ2v) is 8.59. The van der Waals surface area contributed by atoms with E-state index in [1.165, 1.54) is 0 Å². The van der Waals surface area contributed by atoms with Crippen LogP contribution in [0.5, 0.6) is 0 Å². The Kier molecular flexibility index (Phi) is 7.55. The number of amides is 2. The lowest BCUT2D eigenvalue weighted by molar-refractivity contribution is -0.121. The molecule has 8 nitrogen and oxygen atoms in total. The Morgan fingerprint density at radius 3 is 2.42 bits per heavy atom. The number of rotatable bonds is 2. The summed E-state index contributed by atoms with van der Waals surface area (Å²) in [7, 11) is 0. The van der Waals surface area contributed by atoms with Gasteiger partial charge in [0.1, 0.15) is 5.60 Å². The van der Waals surface area contributed by atoms with Crippen molar-refractivity contribution < 1.29 is 14.3 Å². The molecular weight excluding hydrogens is 449 g/mol. The minimum absolute atomic E-state index is 0. The predicted molar refractivity (Wildman–Crippen MR) is 112 cm³/mol. The van der Waals surface area contributed by atoms with Crippen LogP contribution in [0.2, 0.25) is 0 Å². The molecule has 1 atom stereocenters. The molecule has 2 N–H and O–H groups in total. The van der Waals surface area contributed by atoms with Crippen molar-refractivity contribution in [1.82, 2.24) is 20.4 Å². The average molecular weight is 481 g/mol. The molecule has 1 saturated heterocycles. The third kappa shape index (κ3) is 6.81. The van der Waals surface area contributed by atoms with Crippen molar-refractivity contribution in [3.8, 4) is 0 Å². The van der Waals surface area contributed by atoms with Gasteiger partial charge in [-0.3, -0.25) is 9.79 Å². The van der Waals surface area contributed by atoms with Crippen molar-refractivity contribution in [2.45, 2.75) is 58.7 Å². The van der Waals surface area contributed by atoms with Gasteiger partial charge >= 0.3 is 6.09 Å². The molecule has 0 bridgehead atoms. The summed E-state index contributed by atoms with van der Waals surface area (Å²) >= 11 is 0. The summed E-state index contributed by atoms with van der Waals surface area (Å²) in [6.45, 7) is 14.1. The number of aliphatic imine (C=N–C) groups is 1. The van der Waals surface area contributed by atoms with Crippen LogP contribution in [0.4, 0.5) is 4.79 Å². The molecule has 2 rings (SSSR count). The molecular formula is C17H32IN5O3. The second kappa shape index (κ2) is 8.62. The van der Waals surface area contributed by atoms with E-state index in [4.69, 9.17) is 4.74 Å². The summed E-state index contributed by atoms with van der Waals surface area (Å²) in [6, 6.07) is 0.134. The molecule has 2 amide bonds. The number of carbonyl (C=O) groups is 2. The SMILES string of the molecule is CC(C)(C)NC(=O)CNC1=NCC2CN(C(=O)OC(C)(C)C)CCN12.I. The zero-order chi connectivity index (χ0) is 18.8. The standard InChI is InChI=1S/C17H31N5O3.HI/c1-16(2,3)20-13(23)10-19-14-18-9-12-11-21(7-8-22(12)14)15(24)25-17(4,5)6;/h12H,7-11H2,1-6H3,(H,18,19)(H,20,23);1H. The van der Waals surface area contributed by atoms with Gasteiger partial charge in [0.2, 0.25) is 5.91 Å². The highest BCUT2D eigenvalue weighted by Crippen LogP contribution is 2.18. The van der Waals surface area contributed by atoms with Crippen LogP contribution >= 0.6 is 24.0 Å². The highest BCUT2D eigenvalue weighted by molar-refractivity contribution is 14.0. The van der Waals surface area contributed by atoms with E-state index in [-0.39, 0.29) is 54.1 Å². The van der Waals surface area contributed by atoms with Crippen LogP contribution in [0.1, 0.15) is 41.5 Å². The van der Waals surface area contributed by atoms with Crippen LogP contribution in [0.3, 0.4) is 0 Å². The van der Waals surface area contributed by atoms with Gasteiger partial charge in [-0.1, -0.05) is 0 Å². The molecule has 2 aliphatic heterocycles. The molecule has 0 aliphatic carbocycles. The van der Waals surface area contributed by atoms with Crippen LogP contribution in [-0.4, -0.2) is 77.7 Å². The van der Waals surface area contributed by atoms with Gasteiger partial charge in [0.15, 0.2) is 5.96 Å². The zero-order valence-corrected chi connectivity index (χ0v) is 18.9. The number of hydrogen-bond acceptors (Lipinski definition) is 6. The molecule has 0 saturated carbocycles. The van der Waals surface area contributed by atoms with Gasteiger partial charge in [-0.2, -0.15) is 0 Å². The maximum Gasteiger partial charge on any atom is 0.410 e. The van der Waals surface area contributed by atoms with Crippen molar-refractivity contribution in [1.29, 1.82) is 0 Å². The van der Waals surface area contributed by atoms with Crippen LogP contribution in [0, 0.1) is 0 Å². The lowest BCUT2D eigenvalue weighted by Gasteiger charge is -2.39. The van der Waals surface area contributed by atoms with Gasteiger partial charge < -0.3 is 25.2 Å². The number of carbonyl (C=O) groups excluding carboxylic acids is 2. The van der Waals surface area contributed by atoms with Crippen LogP contribution in [0.15, 0.2) is 4.99 Å². The summed E-state index contributed by atoms with van der Waals surface area (Å²) in [4.78, 5) is 32.5. The highest BCUT2D eigenvalue weighted by atomic mass is 127. The third-order valence-corrected chi connectivity index (χ3v) is 3.78. The first-order valence-electron chi connectivity index (χ1n) is 8.78. The largest absolute Gasteiger partial charge is 0.444 e. The molecule has 2 heterocycles. The summed E-state index contributed by atoms with van der Waals surface area (Å²) in [6.07, 6.45) is -0.280. The molecule has 26 heavy (non-hydrogen) atoms. The van der Waals surface area contributed by atoms with Crippen LogP contribution in [0.25, 0.3) is 0 Å². The van der Waals surface area contributed by atoms with E-state index in [0.717, 1.165) is 5.96 Å². The number of fused-ring (bicyclic) bond motifs is 1. The zero-order valence-electron chi connectivity index (χ0n) is 16.6. The molecule has 0 aromatic heterocycles. The average Bonchev–Trinajstić information content (AvgIpc) is 2.83. The molecule has 150 valence electrons. The fourth-order valence-corrected chi connectivity index (χ4v) is 2.84. The minimum atomic E-state index is -0.493. The fourth-order valence-electron chi connectivity index (χ4n) is 2.84. The number of halogens is 1. The number of guanidine groups is 1. The molecule has 9 heteroatoms. The molecule has 0 aromatic rings. The Morgan fingerprint density at radius 2 is 1.85 bits per heavy atom. The number of nitrogens with one attached hydrogen (secondary N) is 2. The minimum Gasteiger partial charge on any atom is -0.444 e. The monoisotopic (exact) mass is 481 g/mol. The number of ether oxygens (including phenoxy) is 1. The van der Waals surface area contributed by atoms with Gasteiger partial charge in [0.25, 0.3) is 0 Å². The summed E-state index contributed by atoms with van der Waals surface area (Å²) in [5.41, 5.74) is -0.745. The van der Waals surface area contributed by atoms with E-state index in [9.17, 15) is 9.59 Å². The van der Waals surface area contributed by atoms with E-state index in [0.29, 0.717) is 26.2 Å². The molecule has 0 radical (unpaired) electrons. The maximum atomic E-state index is 12.2. The number of piperazine rings is 1. The van der Waals surface area contributed by atoms with E-state index in [1.807, 2.05) is 41.5 Å². The quantitative estimate of drug-likeness (QED) is 0.583. The normalized spacial score (nSPS) is 19.9. The Labute approximate surface area is 173 Å². The van der Waals surface area contributed by atoms with Gasteiger partial charge in [0, 0.05) is 25.2 Å². The fraction of sp³-hybridized carbons (Fsp3) is 0.824. The van der Waals surface area contributed by atoms with Gasteiger partial charge in [-0.15, -0.1) is 24.0 Å². The lowest BCUT2D eigenvalue weighted by atomic mass is 10.1. The Balaban J connectivity index is 0.00000338. The Bertz CT molecular complexity index is 554. The van der Waals surface area contributed by atoms with E-state index in [2.05, 4.69) is 20.5 Å². The Morgan fingerprint density at radius 1 is 1.19 bits per heavy atom. The topological polar surface area (TPSA) is 86.3 Å². The summed E-state index contributed by atoms with van der Waals surface area (Å²) in [5.74, 6) is 0.670. The van der Waals surface area contributed by atoms with Crippen molar-refractivity contribution in [3.63, 3.8) is 0 Å². The summed E-state index contributed by atoms with van der Waals surface area (Å²) in [5, 5.41) is 6.03. The van der Waals surface area contributed by atoms with Crippen molar-refractivity contribution in [2.24, 2.45) is 4.99 Å². The Hall–Kier alpha value is -1.26. The number of hydrogen-bond donors (Lipinski definition) is 2. The second-order valence-electron chi connectivity index (χ2n) is 8.59. The van der Waals surface area contributed by atoms with Crippen LogP contribution < -0.4 is 10.6 Å². The first kappa shape index (κ1) is 22.8. The number of nitrogens with zero attached hydrogens (tertiary/aromatic N) is 3. The van der Waals surface area contributed by atoms with Gasteiger partial charge in [-0.25, -0.2) is 4.79 Å². The van der Waals surface area contributed by atoms with Crippen molar-refractivity contribution >= 4 is 41.9 Å². The van der Waals surface area contributed by atoms with E-state index >= 15 is 0 Å². The molecule has 0 aromatic carbocycles. The first-order valence-corrected chi connectivity index (χ1v) is 8.78. The maximum absolute atomic E-state index is 12.2. The molecule has 2 aliphatic rings. The first-order chi connectivity index (χ1) is 11.4. The van der Waals surface area contributed by atoms with E-state index in [1.54, 1.807) is 4.90 Å². The smallest absolute Gasteiger partial charge is 0.410 e. The third-order valence-electron chi connectivity index (χ3n) is 3.78. The van der Waals surface area contributed by atoms with E-state index < -0.39 is 5.60 Å². The molecule has 1 unspecified atom stereocenters. The highest BCUT2D eigenvalue weighted by Gasteiger charge is 2.36. The lowest BCUT2D eigenvalue weighted by Crippen LogP contribution is -2.58. The van der Waals surface area contributed by atoms with Crippen molar-refractivity contribution in [2.75, 3.05) is 32.7 Å². The van der Waals surface area contributed by atoms with Gasteiger partial charge in [-0.05, 0) is 41.5 Å².